The van der Waals surface area contributed by atoms with Crippen LogP contribution in [0.4, 0.5) is 5.95 Å². The molecule has 0 saturated heterocycles. The van der Waals surface area contributed by atoms with Gasteiger partial charge in [-0.1, -0.05) is 0 Å². The topological polar surface area (TPSA) is 104 Å². The number of nitrogen functional groups attached to an aromatic ring is 1. The monoisotopic (exact) mass is 197 g/mol. The van der Waals surface area contributed by atoms with Crippen LogP contribution in [0.25, 0.3) is 11.6 Å². The van der Waals surface area contributed by atoms with Gasteiger partial charge in [0.25, 0.3) is 11.8 Å². The quantitative estimate of drug-likeness (QED) is 0.714. The summed E-state index contributed by atoms with van der Waals surface area (Å²) in [6, 6.07) is 0. The minimum atomic E-state index is 0.109. The molecule has 0 aliphatic heterocycles. The van der Waals surface area contributed by atoms with Crippen molar-refractivity contribution in [2.75, 3.05) is 5.73 Å². The van der Waals surface area contributed by atoms with Crippen LogP contribution in [0.1, 0.15) is 5.01 Å². The molecule has 0 amide bonds. The lowest BCUT2D eigenvalue weighted by atomic mass is 10.5. The van der Waals surface area contributed by atoms with E-state index in [-0.39, 0.29) is 5.95 Å². The van der Waals surface area contributed by atoms with E-state index in [0.29, 0.717) is 18.1 Å². The summed E-state index contributed by atoms with van der Waals surface area (Å²) in [6.45, 7) is 0.411. The summed E-state index contributed by atoms with van der Waals surface area (Å²) in [7, 11) is 0. The highest BCUT2D eigenvalue weighted by molar-refractivity contribution is 7.09. The fourth-order valence-corrected chi connectivity index (χ4v) is 1.49. The van der Waals surface area contributed by atoms with Gasteiger partial charge in [0.2, 0.25) is 0 Å². The molecule has 0 fully saturated rings. The highest BCUT2D eigenvalue weighted by Crippen LogP contribution is 2.19. The molecule has 0 saturated carbocycles. The van der Waals surface area contributed by atoms with Gasteiger partial charge in [-0.3, -0.25) is 0 Å². The molecule has 0 aliphatic carbocycles. The minimum Gasteiger partial charge on any atom is -0.365 e. The van der Waals surface area contributed by atoms with E-state index in [2.05, 4.69) is 15.1 Å². The van der Waals surface area contributed by atoms with Crippen LogP contribution in [0.3, 0.4) is 0 Å². The summed E-state index contributed by atoms with van der Waals surface area (Å²) in [5, 5.41) is 6.08. The van der Waals surface area contributed by atoms with Gasteiger partial charge in [-0.15, -0.1) is 11.3 Å². The zero-order valence-electron chi connectivity index (χ0n) is 6.60. The average molecular weight is 197 g/mol. The van der Waals surface area contributed by atoms with Crippen molar-refractivity contribution in [1.82, 2.24) is 15.1 Å². The number of thiazole rings is 1. The maximum absolute atomic E-state index is 5.40. The second kappa shape index (κ2) is 3.11. The molecule has 2 rings (SSSR count). The molecular weight excluding hydrogens is 190 g/mol. The Morgan fingerprint density at radius 3 is 2.85 bits per heavy atom. The summed E-state index contributed by atoms with van der Waals surface area (Å²) in [5.41, 5.74) is 11.3. The third-order valence-corrected chi connectivity index (χ3v) is 2.26. The molecule has 0 bridgehead atoms. The van der Waals surface area contributed by atoms with Gasteiger partial charge in [-0.2, -0.15) is 4.98 Å². The number of rotatable bonds is 2. The van der Waals surface area contributed by atoms with Crippen molar-refractivity contribution in [3.8, 4) is 11.6 Å². The van der Waals surface area contributed by atoms with Crippen LogP contribution < -0.4 is 11.5 Å². The molecule has 0 spiro atoms. The number of anilines is 1. The number of hydrogen-bond donors (Lipinski definition) is 2. The molecule has 4 N–H and O–H groups in total. The predicted octanol–water partition coefficient (Wildman–Crippen LogP) is 0.234. The summed E-state index contributed by atoms with van der Waals surface area (Å²) >= 11 is 1.45. The first-order chi connectivity index (χ1) is 6.29. The summed E-state index contributed by atoms with van der Waals surface area (Å²) in [4.78, 5) is 7.99. The van der Waals surface area contributed by atoms with E-state index in [4.69, 9.17) is 16.0 Å². The number of hydrogen-bond acceptors (Lipinski definition) is 7. The first-order valence-corrected chi connectivity index (χ1v) is 4.41. The second-order valence-electron chi connectivity index (χ2n) is 2.29. The molecule has 0 aliphatic rings. The highest BCUT2D eigenvalue weighted by Gasteiger charge is 2.09. The molecule has 2 heterocycles. The van der Waals surface area contributed by atoms with E-state index in [1.165, 1.54) is 11.3 Å². The predicted molar refractivity (Wildman–Crippen MR) is 47.7 cm³/mol. The van der Waals surface area contributed by atoms with E-state index in [9.17, 15) is 0 Å². The van der Waals surface area contributed by atoms with E-state index in [1.807, 2.05) is 0 Å². The van der Waals surface area contributed by atoms with Gasteiger partial charge < -0.3 is 16.0 Å². The lowest BCUT2D eigenvalue weighted by molar-refractivity contribution is 0.432. The average Bonchev–Trinajstić information content (AvgIpc) is 2.71. The minimum absolute atomic E-state index is 0.109. The van der Waals surface area contributed by atoms with Crippen molar-refractivity contribution in [3.63, 3.8) is 0 Å². The van der Waals surface area contributed by atoms with Crippen LogP contribution in [0.5, 0.6) is 0 Å². The molecule has 7 heteroatoms. The van der Waals surface area contributed by atoms with Gasteiger partial charge in [0, 0.05) is 11.9 Å². The Labute approximate surface area is 77.6 Å². The Hall–Kier alpha value is -1.47. The van der Waals surface area contributed by atoms with Crippen molar-refractivity contribution in [2.24, 2.45) is 5.73 Å². The van der Waals surface area contributed by atoms with Crippen LogP contribution in [0, 0.1) is 0 Å². The summed E-state index contributed by atoms with van der Waals surface area (Å²) < 4.78 is 4.83. The molecule has 0 unspecified atom stereocenters. The molecular formula is C6H7N5OS. The van der Waals surface area contributed by atoms with E-state index >= 15 is 0 Å². The van der Waals surface area contributed by atoms with Gasteiger partial charge in [0.1, 0.15) is 10.7 Å². The fraction of sp³-hybridized carbons (Fsp3) is 0.167. The fourth-order valence-electron chi connectivity index (χ4n) is 0.842. The zero-order chi connectivity index (χ0) is 9.26. The Bertz CT molecular complexity index is 409. The SMILES string of the molecule is NCc1nc(-c2nc(N)no2)cs1. The molecule has 13 heavy (non-hydrogen) atoms. The van der Waals surface area contributed by atoms with Crippen molar-refractivity contribution < 1.29 is 4.52 Å². The molecule has 68 valence electrons. The van der Waals surface area contributed by atoms with Gasteiger partial charge in [-0.25, -0.2) is 4.98 Å². The number of nitrogens with zero attached hydrogens (tertiary/aromatic N) is 3. The maximum atomic E-state index is 5.40. The molecule has 6 nitrogen and oxygen atoms in total. The Balaban J connectivity index is 2.35. The maximum Gasteiger partial charge on any atom is 0.278 e. The van der Waals surface area contributed by atoms with Crippen LogP contribution in [-0.2, 0) is 6.54 Å². The number of aromatic nitrogens is 3. The molecule has 0 radical (unpaired) electrons. The Kier molecular flexibility index (Phi) is 1.95. The van der Waals surface area contributed by atoms with Gasteiger partial charge in [0.05, 0.1) is 0 Å². The number of nitrogens with two attached hydrogens (primary N) is 2. The molecule has 2 aromatic rings. The second-order valence-corrected chi connectivity index (χ2v) is 3.23. The van der Waals surface area contributed by atoms with Gasteiger partial charge >= 0.3 is 0 Å². The third kappa shape index (κ3) is 1.51. The summed E-state index contributed by atoms with van der Waals surface area (Å²) in [5.74, 6) is 0.436. The first-order valence-electron chi connectivity index (χ1n) is 3.53. The molecule has 0 atom stereocenters. The van der Waals surface area contributed by atoms with E-state index < -0.39 is 0 Å². The van der Waals surface area contributed by atoms with Gasteiger partial charge in [0.15, 0.2) is 0 Å². The zero-order valence-corrected chi connectivity index (χ0v) is 7.41. The van der Waals surface area contributed by atoms with E-state index in [0.717, 1.165) is 5.01 Å². The van der Waals surface area contributed by atoms with E-state index in [1.54, 1.807) is 5.38 Å². The molecule has 2 aromatic heterocycles. The smallest absolute Gasteiger partial charge is 0.278 e. The molecule has 0 aromatic carbocycles. The van der Waals surface area contributed by atoms with Crippen LogP contribution >= 0.6 is 11.3 Å². The van der Waals surface area contributed by atoms with Crippen LogP contribution in [-0.4, -0.2) is 15.1 Å². The standard InChI is InChI=1S/C6H7N5OS/c7-1-4-9-3(2-13-4)5-10-6(8)11-12-5/h2H,1,7H2,(H2,8,11). The Morgan fingerprint density at radius 1 is 1.46 bits per heavy atom. The third-order valence-electron chi connectivity index (χ3n) is 1.39. The van der Waals surface area contributed by atoms with Crippen molar-refractivity contribution in [1.29, 1.82) is 0 Å². The lowest BCUT2D eigenvalue weighted by Crippen LogP contribution is -1.94. The Morgan fingerprint density at radius 2 is 2.31 bits per heavy atom. The lowest BCUT2D eigenvalue weighted by Gasteiger charge is -1.83. The van der Waals surface area contributed by atoms with Crippen molar-refractivity contribution in [2.45, 2.75) is 6.54 Å². The van der Waals surface area contributed by atoms with Crippen molar-refractivity contribution >= 4 is 17.3 Å². The summed E-state index contributed by atoms with van der Waals surface area (Å²) in [6.07, 6.45) is 0. The van der Waals surface area contributed by atoms with Crippen molar-refractivity contribution in [3.05, 3.63) is 10.4 Å². The first kappa shape index (κ1) is 8.14. The van der Waals surface area contributed by atoms with Gasteiger partial charge in [-0.05, 0) is 5.16 Å². The normalized spacial score (nSPS) is 10.5. The highest BCUT2D eigenvalue weighted by atomic mass is 32.1. The van der Waals surface area contributed by atoms with Crippen LogP contribution in [0.15, 0.2) is 9.90 Å². The van der Waals surface area contributed by atoms with Crippen LogP contribution in [0.2, 0.25) is 0 Å². The largest absolute Gasteiger partial charge is 0.365 e.